The zero-order valence-corrected chi connectivity index (χ0v) is 16.1. The van der Waals surface area contributed by atoms with E-state index in [1.165, 1.54) is 18.4 Å². The van der Waals surface area contributed by atoms with E-state index in [1.807, 2.05) is 42.5 Å². The van der Waals surface area contributed by atoms with Crippen molar-refractivity contribution in [3.05, 3.63) is 71.9 Å². The van der Waals surface area contributed by atoms with Gasteiger partial charge >= 0.3 is 0 Å². The molecule has 4 rings (SSSR count). The van der Waals surface area contributed by atoms with E-state index in [0.717, 1.165) is 29.7 Å². The van der Waals surface area contributed by atoms with Gasteiger partial charge in [0, 0.05) is 11.9 Å². The van der Waals surface area contributed by atoms with Gasteiger partial charge in [0.25, 0.3) is 5.91 Å². The van der Waals surface area contributed by atoms with Crippen molar-refractivity contribution < 1.29 is 9.53 Å². The van der Waals surface area contributed by atoms with Crippen LogP contribution in [0.2, 0.25) is 0 Å². The van der Waals surface area contributed by atoms with Crippen LogP contribution >= 0.6 is 0 Å². The van der Waals surface area contributed by atoms with Crippen LogP contribution in [-0.2, 0) is 0 Å². The number of benzene rings is 2. The molecule has 5 heteroatoms. The van der Waals surface area contributed by atoms with Crippen molar-refractivity contribution in [3.8, 4) is 5.75 Å². The fraction of sp³-hybridized carbons (Fsp3) is 0.304. The Morgan fingerprint density at radius 2 is 1.82 bits per heavy atom. The molecule has 0 spiro atoms. The van der Waals surface area contributed by atoms with Crippen LogP contribution in [0.3, 0.4) is 0 Å². The van der Waals surface area contributed by atoms with Gasteiger partial charge in [0.05, 0.1) is 18.7 Å². The minimum atomic E-state index is -0.136. The van der Waals surface area contributed by atoms with E-state index in [1.54, 1.807) is 13.2 Å². The summed E-state index contributed by atoms with van der Waals surface area (Å²) in [5.74, 6) is 0.705. The quantitative estimate of drug-likeness (QED) is 0.712. The van der Waals surface area contributed by atoms with Crippen LogP contribution in [0, 0.1) is 0 Å². The number of carbonyl (C=O) groups is 1. The summed E-state index contributed by atoms with van der Waals surface area (Å²) in [6, 6.07) is 19.8. The Hall–Kier alpha value is -2.92. The molecule has 1 aliphatic heterocycles. The molecular formula is C23H25N3O2. The van der Waals surface area contributed by atoms with E-state index in [9.17, 15) is 4.79 Å². The Morgan fingerprint density at radius 3 is 2.57 bits per heavy atom. The summed E-state index contributed by atoms with van der Waals surface area (Å²) in [5, 5.41) is 4.13. The van der Waals surface area contributed by atoms with E-state index >= 15 is 0 Å². The van der Waals surface area contributed by atoms with Crippen LogP contribution in [0.5, 0.6) is 5.75 Å². The molecule has 1 amide bonds. The summed E-state index contributed by atoms with van der Waals surface area (Å²) in [6.45, 7) is 2.67. The van der Waals surface area contributed by atoms with Crippen LogP contribution in [0.4, 0.5) is 0 Å². The molecule has 1 N–H and O–H groups in total. The number of fused-ring (bicyclic) bond motifs is 1. The van der Waals surface area contributed by atoms with Crippen molar-refractivity contribution >= 4 is 16.8 Å². The number of amides is 1. The number of ether oxygens (including phenoxy) is 1. The first-order valence-corrected chi connectivity index (χ1v) is 9.76. The maximum atomic E-state index is 12.7. The van der Waals surface area contributed by atoms with Crippen LogP contribution < -0.4 is 10.1 Å². The number of aromatic nitrogens is 1. The third-order valence-electron chi connectivity index (χ3n) is 5.37. The largest absolute Gasteiger partial charge is 0.497 e. The van der Waals surface area contributed by atoms with E-state index in [0.29, 0.717) is 12.2 Å². The first-order chi connectivity index (χ1) is 13.7. The fourth-order valence-corrected chi connectivity index (χ4v) is 3.81. The normalized spacial score (nSPS) is 15.5. The first-order valence-electron chi connectivity index (χ1n) is 9.76. The summed E-state index contributed by atoms with van der Waals surface area (Å²) >= 11 is 0. The van der Waals surface area contributed by atoms with Gasteiger partial charge in [0.1, 0.15) is 11.4 Å². The number of carbonyl (C=O) groups excluding carboxylic acids is 1. The third kappa shape index (κ3) is 3.99. The molecule has 1 atom stereocenters. The van der Waals surface area contributed by atoms with Gasteiger partial charge in [0.2, 0.25) is 0 Å². The average molecular weight is 375 g/mol. The highest BCUT2D eigenvalue weighted by molar-refractivity contribution is 5.94. The van der Waals surface area contributed by atoms with Gasteiger partial charge in [-0.3, -0.25) is 9.69 Å². The summed E-state index contributed by atoms with van der Waals surface area (Å²) in [5.41, 5.74) is 2.48. The average Bonchev–Trinajstić information content (AvgIpc) is 3.28. The Kier molecular flexibility index (Phi) is 5.53. The molecule has 1 saturated heterocycles. The highest BCUT2D eigenvalue weighted by Crippen LogP contribution is 2.26. The van der Waals surface area contributed by atoms with Crippen molar-refractivity contribution in [2.75, 3.05) is 26.7 Å². The first kappa shape index (κ1) is 18.4. The maximum Gasteiger partial charge on any atom is 0.269 e. The summed E-state index contributed by atoms with van der Waals surface area (Å²) in [7, 11) is 1.67. The lowest BCUT2D eigenvalue weighted by molar-refractivity contribution is 0.0933. The smallest absolute Gasteiger partial charge is 0.269 e. The van der Waals surface area contributed by atoms with Gasteiger partial charge in [-0.15, -0.1) is 0 Å². The zero-order chi connectivity index (χ0) is 19.3. The monoisotopic (exact) mass is 375 g/mol. The molecular weight excluding hydrogens is 350 g/mol. The second kappa shape index (κ2) is 8.40. The highest BCUT2D eigenvalue weighted by Gasteiger charge is 2.24. The summed E-state index contributed by atoms with van der Waals surface area (Å²) < 4.78 is 5.27. The topological polar surface area (TPSA) is 54.5 Å². The number of nitrogens with one attached hydrogen (secondary N) is 1. The number of likely N-dealkylation sites (tertiary alicyclic amines) is 1. The number of rotatable bonds is 6. The maximum absolute atomic E-state index is 12.7. The van der Waals surface area contributed by atoms with Crippen LogP contribution in [-0.4, -0.2) is 42.5 Å². The predicted octanol–water partition coefficient (Wildman–Crippen LogP) is 3.81. The number of pyridine rings is 1. The number of para-hydroxylation sites is 1. The molecule has 1 fully saturated rings. The molecule has 0 unspecified atom stereocenters. The molecule has 2 aromatic carbocycles. The van der Waals surface area contributed by atoms with Gasteiger partial charge in [-0.2, -0.15) is 0 Å². The van der Waals surface area contributed by atoms with Crippen LogP contribution in [0.25, 0.3) is 10.9 Å². The lowest BCUT2D eigenvalue weighted by Crippen LogP contribution is -2.37. The molecule has 0 bridgehead atoms. The lowest BCUT2D eigenvalue weighted by Gasteiger charge is -2.28. The number of nitrogens with zero attached hydrogens (tertiary/aromatic N) is 2. The second-order valence-corrected chi connectivity index (χ2v) is 7.13. The van der Waals surface area contributed by atoms with Crippen LogP contribution in [0.1, 0.15) is 34.9 Å². The van der Waals surface area contributed by atoms with Crippen molar-refractivity contribution in [2.24, 2.45) is 0 Å². The standard InChI is InChI=1S/C23H25N3O2/c1-28-19-11-8-18(9-12-19)22(26-14-4-5-15-26)16-24-23(27)21-13-10-17-6-2-3-7-20(17)25-21/h2-3,6-13,22H,4-5,14-16H2,1H3,(H,24,27)/t22-/m1/s1. The Morgan fingerprint density at radius 1 is 1.07 bits per heavy atom. The summed E-state index contributed by atoms with van der Waals surface area (Å²) in [6.07, 6.45) is 2.40. The Labute approximate surface area is 165 Å². The molecule has 2 heterocycles. The SMILES string of the molecule is COc1ccc([C@@H](CNC(=O)c2ccc3ccccc3n2)N2CCCC2)cc1. The fourth-order valence-electron chi connectivity index (χ4n) is 3.81. The third-order valence-corrected chi connectivity index (χ3v) is 5.37. The minimum Gasteiger partial charge on any atom is -0.497 e. The molecule has 0 radical (unpaired) electrons. The molecule has 5 nitrogen and oxygen atoms in total. The zero-order valence-electron chi connectivity index (χ0n) is 16.1. The second-order valence-electron chi connectivity index (χ2n) is 7.13. The van der Waals surface area contributed by atoms with Crippen molar-refractivity contribution in [1.82, 2.24) is 15.2 Å². The van der Waals surface area contributed by atoms with E-state index in [4.69, 9.17) is 4.74 Å². The molecule has 1 aromatic heterocycles. The highest BCUT2D eigenvalue weighted by atomic mass is 16.5. The molecule has 1 aliphatic rings. The van der Waals surface area contributed by atoms with Crippen molar-refractivity contribution in [1.29, 1.82) is 0 Å². The molecule has 28 heavy (non-hydrogen) atoms. The predicted molar refractivity (Wildman–Crippen MR) is 111 cm³/mol. The summed E-state index contributed by atoms with van der Waals surface area (Å²) in [4.78, 5) is 19.7. The molecule has 0 aliphatic carbocycles. The van der Waals surface area contributed by atoms with Crippen molar-refractivity contribution in [3.63, 3.8) is 0 Å². The van der Waals surface area contributed by atoms with Gasteiger partial charge in [-0.1, -0.05) is 36.4 Å². The van der Waals surface area contributed by atoms with Crippen molar-refractivity contribution in [2.45, 2.75) is 18.9 Å². The van der Waals surface area contributed by atoms with Gasteiger partial charge in [0.15, 0.2) is 0 Å². The van der Waals surface area contributed by atoms with Gasteiger partial charge in [-0.25, -0.2) is 4.98 Å². The molecule has 3 aromatic rings. The number of hydrogen-bond acceptors (Lipinski definition) is 4. The number of hydrogen-bond donors (Lipinski definition) is 1. The Bertz CT molecular complexity index is 949. The van der Waals surface area contributed by atoms with E-state index in [-0.39, 0.29) is 11.9 Å². The van der Waals surface area contributed by atoms with E-state index < -0.39 is 0 Å². The minimum absolute atomic E-state index is 0.136. The van der Waals surface area contributed by atoms with E-state index in [2.05, 4.69) is 27.3 Å². The molecule has 144 valence electrons. The molecule has 0 saturated carbocycles. The number of methoxy groups -OCH3 is 1. The van der Waals surface area contributed by atoms with Crippen LogP contribution in [0.15, 0.2) is 60.7 Å². The van der Waals surface area contributed by atoms with Gasteiger partial charge < -0.3 is 10.1 Å². The lowest BCUT2D eigenvalue weighted by atomic mass is 10.1. The van der Waals surface area contributed by atoms with Gasteiger partial charge in [-0.05, 0) is 55.8 Å². The Balaban J connectivity index is 1.50.